The highest BCUT2D eigenvalue weighted by molar-refractivity contribution is 6.23. The molecule has 5 N–H and O–H groups in total. The van der Waals surface area contributed by atoms with Gasteiger partial charge < -0.3 is 40.2 Å². The minimum absolute atomic E-state index is 0.0108. The maximum absolute atomic E-state index is 15.7. The lowest BCUT2D eigenvalue weighted by Crippen LogP contribution is -2.53. The Morgan fingerprint density at radius 2 is 1.59 bits per heavy atom. The summed E-state index contributed by atoms with van der Waals surface area (Å²) in [6.07, 6.45) is -2.09. The van der Waals surface area contributed by atoms with E-state index < -0.39 is 65.5 Å². The molecule has 6 atom stereocenters. The molecule has 0 saturated carbocycles. The number of carbonyl (C=O) groups excluding carboxylic acids is 4. The fourth-order valence-corrected chi connectivity index (χ4v) is 8.46. The van der Waals surface area contributed by atoms with Crippen molar-refractivity contribution in [3.63, 3.8) is 0 Å². The number of aliphatic carboxylic acids is 1. The number of anilines is 1. The first-order valence-corrected chi connectivity index (χ1v) is 18.4. The Morgan fingerprint density at radius 3 is 2.26 bits per heavy atom. The highest BCUT2D eigenvalue weighted by Gasteiger charge is 2.76. The van der Waals surface area contributed by atoms with Gasteiger partial charge in [-0.2, -0.15) is 0 Å². The Labute approximate surface area is 333 Å². The number of para-hydroxylation sites is 1. The molecule has 2 saturated heterocycles. The largest absolute Gasteiger partial charge is 0.491 e. The number of aliphatic hydroxyl groups is 1. The monoisotopic (exact) mass is 788 g/mol. The summed E-state index contributed by atoms with van der Waals surface area (Å²) >= 11 is 0. The summed E-state index contributed by atoms with van der Waals surface area (Å²) < 4.78 is 22.9. The van der Waals surface area contributed by atoms with Crippen LogP contribution in [0.1, 0.15) is 46.0 Å². The average Bonchev–Trinajstić information content (AvgIpc) is 3.68. The minimum atomic E-state index is -2.26. The number of methoxy groups -OCH3 is 1. The minimum Gasteiger partial charge on any atom is -0.491 e. The van der Waals surface area contributed by atoms with Crippen LogP contribution in [-0.2, 0) is 34.0 Å². The quantitative estimate of drug-likeness (QED) is 0.0977. The number of aliphatic hydroxyl groups excluding tert-OH is 1. The van der Waals surface area contributed by atoms with Gasteiger partial charge in [-0.15, -0.1) is 0 Å². The number of morpholine rings is 1. The van der Waals surface area contributed by atoms with Crippen LogP contribution in [0.3, 0.4) is 0 Å². The number of hydrogen-bond acceptors (Lipinski definition) is 11. The van der Waals surface area contributed by atoms with E-state index in [1.807, 2.05) is 36.4 Å². The second-order valence-corrected chi connectivity index (χ2v) is 13.7. The third-order valence-electron chi connectivity index (χ3n) is 10.6. The Hall–Kier alpha value is -6.73. The Morgan fingerprint density at radius 1 is 0.897 bits per heavy atom. The van der Waals surface area contributed by atoms with Gasteiger partial charge in [0.2, 0.25) is 5.91 Å². The highest BCUT2D eigenvalue weighted by atomic mass is 16.6. The number of carboxylic acid groups (broad SMARTS) is 1. The number of rotatable bonds is 11. The number of nitrogens with zero attached hydrogens (tertiary/aromatic N) is 2. The lowest BCUT2D eigenvalue weighted by Gasteiger charge is -2.46. The summed E-state index contributed by atoms with van der Waals surface area (Å²) in [5.41, 5.74) is 4.93. The molecule has 4 aromatic carbocycles. The van der Waals surface area contributed by atoms with Crippen LogP contribution in [0, 0.1) is 17.8 Å². The molecule has 7 rings (SSSR count). The molecule has 58 heavy (non-hydrogen) atoms. The van der Waals surface area contributed by atoms with Gasteiger partial charge in [-0.05, 0) is 41.0 Å². The predicted octanol–water partition coefficient (Wildman–Crippen LogP) is 3.61. The number of benzene rings is 4. The van der Waals surface area contributed by atoms with E-state index in [1.165, 1.54) is 25.3 Å². The zero-order valence-corrected chi connectivity index (χ0v) is 31.3. The number of ether oxygens (including phenoxy) is 4. The van der Waals surface area contributed by atoms with E-state index in [4.69, 9.17) is 24.7 Å². The molecule has 0 radical (unpaired) electrons. The van der Waals surface area contributed by atoms with Crippen LogP contribution in [-0.4, -0.2) is 91.2 Å². The van der Waals surface area contributed by atoms with E-state index in [0.717, 1.165) is 4.90 Å². The van der Waals surface area contributed by atoms with Gasteiger partial charge in [0.25, 0.3) is 0 Å². The summed E-state index contributed by atoms with van der Waals surface area (Å²) in [6.45, 7) is -0.848. The molecule has 0 bridgehead atoms. The van der Waals surface area contributed by atoms with E-state index >= 15 is 4.79 Å². The number of esters is 1. The maximum Gasteiger partial charge on any atom is 0.421 e. The number of carbonyl (C=O) groups is 5. The molecule has 15 heteroatoms. The standard InChI is InChI=1S/C43H40N4O11/c1-55-23-24-57-42(54)46-31-19-18-26(11-10-20-45-41(44)53)25-30(31)43(40(46)52)33(38(49)50)35-39(51)58-36(28-14-6-3-7-15-28)34(27-12-4-2-5-13-27)47(35)37(43)29-16-8-9-17-32(29)56-22-21-48/h2-9,12-19,25,33-37,48H,20-24H2,1H3,(H,49,50)(H3,44,45,53). The van der Waals surface area contributed by atoms with Crippen LogP contribution < -0.4 is 20.7 Å². The summed E-state index contributed by atoms with van der Waals surface area (Å²) in [6, 6.07) is 24.7. The topological polar surface area (TPSA) is 207 Å². The number of fused-ring (bicyclic) bond motifs is 3. The van der Waals surface area contributed by atoms with Gasteiger partial charge in [-0.3, -0.25) is 19.3 Å². The van der Waals surface area contributed by atoms with E-state index in [9.17, 15) is 29.4 Å². The van der Waals surface area contributed by atoms with Crippen LogP contribution in [0.2, 0.25) is 0 Å². The number of nitrogens with two attached hydrogens (primary N) is 1. The van der Waals surface area contributed by atoms with Gasteiger partial charge in [0.1, 0.15) is 42.4 Å². The molecule has 0 aliphatic carbocycles. The van der Waals surface area contributed by atoms with Crippen LogP contribution in [0.4, 0.5) is 15.3 Å². The van der Waals surface area contributed by atoms with Gasteiger partial charge in [0, 0.05) is 18.2 Å². The number of amides is 4. The van der Waals surface area contributed by atoms with Crippen LogP contribution >= 0.6 is 0 Å². The number of carboxylic acids is 1. The maximum atomic E-state index is 15.7. The van der Waals surface area contributed by atoms with Gasteiger partial charge in [0.05, 0.1) is 37.5 Å². The van der Waals surface area contributed by atoms with Crippen molar-refractivity contribution in [2.24, 2.45) is 11.7 Å². The lowest BCUT2D eigenvalue weighted by molar-refractivity contribution is -0.179. The molecule has 15 nitrogen and oxygen atoms in total. The van der Waals surface area contributed by atoms with Gasteiger partial charge >= 0.3 is 24.1 Å². The van der Waals surface area contributed by atoms with Crippen molar-refractivity contribution < 1.29 is 53.1 Å². The van der Waals surface area contributed by atoms with Gasteiger partial charge in [-0.1, -0.05) is 90.7 Å². The van der Waals surface area contributed by atoms with E-state index in [-0.39, 0.29) is 50.0 Å². The molecule has 4 aromatic rings. The second-order valence-electron chi connectivity index (χ2n) is 13.7. The Bertz CT molecular complexity index is 2280. The first-order valence-electron chi connectivity index (χ1n) is 18.4. The Kier molecular flexibility index (Phi) is 11.4. The smallest absolute Gasteiger partial charge is 0.421 e. The molecule has 4 amide bonds. The predicted molar refractivity (Wildman–Crippen MR) is 206 cm³/mol. The molecule has 6 unspecified atom stereocenters. The van der Waals surface area contributed by atoms with Crippen LogP contribution in [0.25, 0.3) is 0 Å². The molecule has 2 fully saturated rings. The Balaban J connectivity index is 1.57. The van der Waals surface area contributed by atoms with E-state index in [0.29, 0.717) is 22.3 Å². The van der Waals surface area contributed by atoms with Crippen LogP contribution in [0.5, 0.6) is 5.75 Å². The number of imide groups is 1. The summed E-state index contributed by atoms with van der Waals surface area (Å²) in [7, 11) is 1.42. The lowest BCUT2D eigenvalue weighted by atomic mass is 9.65. The third kappa shape index (κ3) is 6.87. The van der Waals surface area contributed by atoms with Crippen LogP contribution in [0.15, 0.2) is 103 Å². The molecule has 3 aliphatic rings. The van der Waals surface area contributed by atoms with Crippen molar-refractivity contribution in [3.05, 3.63) is 131 Å². The van der Waals surface area contributed by atoms with Crippen molar-refractivity contribution >= 4 is 35.7 Å². The zero-order chi connectivity index (χ0) is 41.0. The normalized spacial score (nSPS) is 23.3. The summed E-state index contributed by atoms with van der Waals surface area (Å²) in [5.74, 6) is 0.671. The molecule has 298 valence electrons. The number of cyclic esters (lactones) is 1. The van der Waals surface area contributed by atoms with Crippen molar-refractivity contribution in [2.75, 3.05) is 45.0 Å². The fraction of sp³-hybridized carbons (Fsp3) is 0.279. The molecular weight excluding hydrogens is 748 g/mol. The third-order valence-corrected chi connectivity index (χ3v) is 10.6. The molecule has 3 aliphatic heterocycles. The van der Waals surface area contributed by atoms with Crippen molar-refractivity contribution in [1.29, 1.82) is 0 Å². The van der Waals surface area contributed by atoms with Gasteiger partial charge in [-0.25, -0.2) is 14.5 Å². The van der Waals surface area contributed by atoms with Crippen molar-refractivity contribution in [2.45, 2.75) is 29.6 Å². The fourth-order valence-electron chi connectivity index (χ4n) is 8.46. The SMILES string of the molecule is COCCOC(=O)N1C(=O)C2(c3cc(C#CCNC(N)=O)ccc31)C(C(=O)O)C1C(=O)OC(c3ccccc3)C(c3ccccc3)N1C2c1ccccc1OCCO. The van der Waals surface area contributed by atoms with Crippen molar-refractivity contribution in [3.8, 4) is 17.6 Å². The van der Waals surface area contributed by atoms with E-state index in [2.05, 4.69) is 17.2 Å². The van der Waals surface area contributed by atoms with Gasteiger partial charge in [0.15, 0.2) is 0 Å². The zero-order valence-electron chi connectivity index (χ0n) is 31.3. The number of urea groups is 1. The summed E-state index contributed by atoms with van der Waals surface area (Å²) in [4.78, 5) is 72.5. The number of nitrogens with one attached hydrogen (secondary N) is 1. The molecule has 0 aromatic heterocycles. The first-order chi connectivity index (χ1) is 28.1. The average molecular weight is 789 g/mol. The molecule has 1 spiro atoms. The number of hydrogen-bond donors (Lipinski definition) is 4. The number of primary amides is 1. The summed E-state index contributed by atoms with van der Waals surface area (Å²) in [5, 5.41) is 23.7. The first kappa shape index (κ1) is 39.5. The highest BCUT2D eigenvalue weighted by Crippen LogP contribution is 2.66. The molecular formula is C43H40N4O11. The molecule has 3 heterocycles. The second kappa shape index (κ2) is 16.8. The van der Waals surface area contributed by atoms with Crippen molar-refractivity contribution in [1.82, 2.24) is 10.2 Å². The van der Waals surface area contributed by atoms with E-state index in [1.54, 1.807) is 53.4 Å².